The molecule has 20 heavy (non-hydrogen) atoms. The molecular weight excluding hydrogens is 312 g/mol. The number of hydrogen-bond acceptors (Lipinski definition) is 3. The van der Waals surface area contributed by atoms with Gasteiger partial charge in [0.15, 0.2) is 0 Å². The number of methoxy groups -OCH3 is 1. The van der Waals surface area contributed by atoms with Crippen LogP contribution in [-0.4, -0.2) is 26.9 Å². The molecule has 0 radical (unpaired) electrons. The van der Waals surface area contributed by atoms with E-state index >= 15 is 0 Å². The van der Waals surface area contributed by atoms with Crippen molar-refractivity contribution in [1.29, 1.82) is 0 Å². The number of nitrogens with one attached hydrogen (secondary N) is 1. The van der Waals surface area contributed by atoms with Crippen molar-refractivity contribution >= 4 is 27.3 Å². The highest BCUT2D eigenvalue weighted by Crippen LogP contribution is 2.33. The highest BCUT2D eigenvalue weighted by molar-refractivity contribution is 7.92. The Hall–Kier alpha value is -0.920. The molecule has 0 heterocycles. The maximum Gasteiger partial charge on any atom is 0.265 e. The van der Waals surface area contributed by atoms with Gasteiger partial charge in [-0.2, -0.15) is 0 Å². The first-order valence-electron chi connectivity index (χ1n) is 5.70. The molecule has 4 nitrogen and oxygen atoms in total. The molecule has 0 aromatic heterocycles. The molecule has 0 bridgehead atoms. The summed E-state index contributed by atoms with van der Waals surface area (Å²) in [7, 11) is -2.38. The minimum atomic E-state index is -3.77. The van der Waals surface area contributed by atoms with Crippen LogP contribution in [0, 0.1) is 0 Å². The quantitative estimate of drug-likeness (QED) is 0.870. The summed E-state index contributed by atoms with van der Waals surface area (Å²) in [6.07, 6.45) is -2.78. The number of anilines is 1. The molecule has 0 amide bonds. The number of ether oxygens (including phenoxy) is 1. The van der Waals surface area contributed by atoms with Crippen molar-refractivity contribution in [2.45, 2.75) is 25.9 Å². The topological polar surface area (TPSA) is 55.4 Å². The van der Waals surface area contributed by atoms with Gasteiger partial charge >= 0.3 is 0 Å². The Morgan fingerprint density at radius 1 is 1.40 bits per heavy atom. The largest absolute Gasteiger partial charge is 0.378 e. The zero-order valence-corrected chi connectivity index (χ0v) is 12.9. The van der Waals surface area contributed by atoms with Crippen molar-refractivity contribution in [3.8, 4) is 0 Å². The smallest absolute Gasteiger partial charge is 0.265 e. The second-order valence-electron chi connectivity index (χ2n) is 4.83. The van der Waals surface area contributed by atoms with E-state index in [4.69, 9.17) is 16.3 Å². The number of benzene rings is 1. The summed E-state index contributed by atoms with van der Waals surface area (Å²) in [6, 6.07) is 3.78. The van der Waals surface area contributed by atoms with E-state index in [2.05, 4.69) is 4.72 Å². The molecule has 0 aliphatic carbocycles. The molecule has 0 saturated heterocycles. The zero-order chi connectivity index (χ0) is 15.6. The maximum absolute atomic E-state index is 12.7. The Morgan fingerprint density at radius 2 is 2.00 bits per heavy atom. The van der Waals surface area contributed by atoms with E-state index in [1.807, 2.05) is 0 Å². The Bertz CT molecular complexity index is 576. The van der Waals surface area contributed by atoms with E-state index in [1.54, 1.807) is 13.8 Å². The predicted octanol–water partition coefficient (Wildman–Crippen LogP) is 3.44. The van der Waals surface area contributed by atoms with Crippen LogP contribution in [-0.2, 0) is 14.8 Å². The van der Waals surface area contributed by atoms with Crippen LogP contribution in [0.1, 0.15) is 25.8 Å². The summed E-state index contributed by atoms with van der Waals surface area (Å²) >= 11 is 5.78. The van der Waals surface area contributed by atoms with Gasteiger partial charge in [0.25, 0.3) is 6.43 Å². The van der Waals surface area contributed by atoms with Crippen LogP contribution < -0.4 is 4.72 Å². The number of sulfonamides is 1. The standard InChI is InChI=1S/C12H16ClF2NO3S/c1-12(2,19-3)7-20(17,18)16-9-6-4-5-8(10(9)13)11(14)15/h4-6,11,16H,7H2,1-3H3. The molecule has 0 aliphatic heterocycles. The van der Waals surface area contributed by atoms with Gasteiger partial charge < -0.3 is 4.74 Å². The molecular formula is C12H16ClF2NO3S. The van der Waals surface area contributed by atoms with Crippen molar-refractivity contribution < 1.29 is 21.9 Å². The molecule has 1 aromatic rings. The van der Waals surface area contributed by atoms with Crippen LogP contribution in [0.15, 0.2) is 18.2 Å². The first-order valence-corrected chi connectivity index (χ1v) is 7.73. The summed E-state index contributed by atoms with van der Waals surface area (Å²) in [4.78, 5) is 0. The van der Waals surface area contributed by atoms with Crippen molar-refractivity contribution in [2.75, 3.05) is 17.6 Å². The van der Waals surface area contributed by atoms with Crippen molar-refractivity contribution in [2.24, 2.45) is 0 Å². The maximum atomic E-state index is 12.7. The van der Waals surface area contributed by atoms with Crippen LogP contribution in [0.5, 0.6) is 0 Å². The molecule has 0 spiro atoms. The van der Waals surface area contributed by atoms with Gasteiger partial charge in [0.2, 0.25) is 10.0 Å². The van der Waals surface area contributed by atoms with Crippen LogP contribution in [0.4, 0.5) is 14.5 Å². The van der Waals surface area contributed by atoms with E-state index in [-0.39, 0.29) is 16.5 Å². The average molecular weight is 328 g/mol. The van der Waals surface area contributed by atoms with E-state index in [0.717, 1.165) is 6.07 Å². The Balaban J connectivity index is 3.02. The summed E-state index contributed by atoms with van der Waals surface area (Å²) in [5.41, 5.74) is -1.40. The lowest BCUT2D eigenvalue weighted by Crippen LogP contribution is -2.35. The van der Waals surface area contributed by atoms with Gasteiger partial charge in [0.05, 0.1) is 22.1 Å². The normalized spacial score (nSPS) is 12.8. The third-order valence-electron chi connectivity index (χ3n) is 2.62. The van der Waals surface area contributed by atoms with Gasteiger partial charge in [0, 0.05) is 12.7 Å². The lowest BCUT2D eigenvalue weighted by molar-refractivity contribution is 0.0426. The second-order valence-corrected chi connectivity index (χ2v) is 6.93. The summed E-state index contributed by atoms with van der Waals surface area (Å²) in [5.74, 6) is -0.328. The highest BCUT2D eigenvalue weighted by atomic mass is 35.5. The Labute approximate surface area is 122 Å². The molecule has 0 fully saturated rings. The Kier molecular flexibility index (Phi) is 5.34. The number of halogens is 3. The van der Waals surface area contributed by atoms with Crippen LogP contribution in [0.2, 0.25) is 5.02 Å². The van der Waals surface area contributed by atoms with E-state index < -0.39 is 27.6 Å². The predicted molar refractivity (Wildman–Crippen MR) is 74.9 cm³/mol. The zero-order valence-electron chi connectivity index (χ0n) is 11.3. The molecule has 0 unspecified atom stereocenters. The van der Waals surface area contributed by atoms with Gasteiger partial charge in [-0.3, -0.25) is 4.72 Å². The average Bonchev–Trinajstić information content (AvgIpc) is 2.30. The van der Waals surface area contributed by atoms with Crippen LogP contribution in [0.25, 0.3) is 0 Å². The minimum Gasteiger partial charge on any atom is -0.378 e. The van der Waals surface area contributed by atoms with Gasteiger partial charge in [-0.1, -0.05) is 23.7 Å². The highest BCUT2D eigenvalue weighted by Gasteiger charge is 2.27. The third kappa shape index (κ3) is 4.57. The van der Waals surface area contributed by atoms with Crippen LogP contribution >= 0.6 is 11.6 Å². The summed E-state index contributed by atoms with van der Waals surface area (Å²) < 4.78 is 56.5. The molecule has 0 saturated carbocycles. The molecule has 0 aliphatic rings. The molecule has 114 valence electrons. The van der Waals surface area contributed by atoms with Gasteiger partial charge in [-0.05, 0) is 19.9 Å². The molecule has 8 heteroatoms. The van der Waals surface area contributed by atoms with Gasteiger partial charge in [-0.15, -0.1) is 0 Å². The van der Waals surface area contributed by atoms with Crippen molar-refractivity contribution in [3.63, 3.8) is 0 Å². The lowest BCUT2D eigenvalue weighted by atomic mass is 10.2. The first-order chi connectivity index (χ1) is 9.08. The molecule has 1 aromatic carbocycles. The fourth-order valence-electron chi connectivity index (χ4n) is 1.52. The van der Waals surface area contributed by atoms with E-state index in [0.29, 0.717) is 0 Å². The fraction of sp³-hybridized carbons (Fsp3) is 0.500. The fourth-order valence-corrected chi connectivity index (χ4v) is 3.44. The van der Waals surface area contributed by atoms with Crippen LogP contribution in [0.3, 0.4) is 0 Å². The van der Waals surface area contributed by atoms with E-state index in [9.17, 15) is 17.2 Å². The summed E-state index contributed by atoms with van der Waals surface area (Å²) in [6.45, 7) is 3.20. The third-order valence-corrected chi connectivity index (χ3v) is 4.65. The number of rotatable bonds is 6. The second kappa shape index (κ2) is 6.24. The molecule has 1 N–H and O–H groups in total. The van der Waals surface area contributed by atoms with Crippen molar-refractivity contribution in [1.82, 2.24) is 0 Å². The number of hydrogen-bond donors (Lipinski definition) is 1. The van der Waals surface area contributed by atoms with E-state index in [1.165, 1.54) is 19.2 Å². The SMILES string of the molecule is COC(C)(C)CS(=O)(=O)Nc1cccc(C(F)F)c1Cl. The molecule has 0 atom stereocenters. The van der Waals surface area contributed by atoms with Crippen molar-refractivity contribution in [3.05, 3.63) is 28.8 Å². The number of alkyl halides is 2. The molecule has 1 rings (SSSR count). The monoisotopic (exact) mass is 327 g/mol. The Morgan fingerprint density at radius 3 is 2.50 bits per heavy atom. The van der Waals surface area contributed by atoms with Gasteiger partial charge in [0.1, 0.15) is 0 Å². The van der Waals surface area contributed by atoms with Gasteiger partial charge in [-0.25, -0.2) is 17.2 Å². The summed E-state index contributed by atoms with van der Waals surface area (Å²) in [5, 5.41) is -0.304. The minimum absolute atomic E-state index is 0.0728. The lowest BCUT2D eigenvalue weighted by Gasteiger charge is -2.23. The first kappa shape index (κ1) is 17.1.